The largest absolute Gasteiger partial charge is 0.378 e. The van der Waals surface area contributed by atoms with Gasteiger partial charge in [0.15, 0.2) is 0 Å². The van der Waals surface area contributed by atoms with Gasteiger partial charge in [-0.1, -0.05) is 12.1 Å². The number of aryl methyl sites for hydroxylation is 2. The second-order valence-electron chi connectivity index (χ2n) is 5.93. The summed E-state index contributed by atoms with van der Waals surface area (Å²) >= 11 is 1.79. The van der Waals surface area contributed by atoms with E-state index in [4.69, 9.17) is 4.98 Å². The van der Waals surface area contributed by atoms with Gasteiger partial charge in [0.25, 0.3) is 0 Å². The highest BCUT2D eigenvalue weighted by atomic mass is 32.1. The summed E-state index contributed by atoms with van der Waals surface area (Å²) in [6.45, 7) is 8.57. The number of rotatable bonds is 5. The predicted octanol–water partition coefficient (Wildman–Crippen LogP) is 3.91. The molecule has 0 spiro atoms. The summed E-state index contributed by atoms with van der Waals surface area (Å²) < 4.78 is 0. The van der Waals surface area contributed by atoms with Gasteiger partial charge in [0.05, 0.1) is 11.7 Å². The van der Waals surface area contributed by atoms with Gasteiger partial charge in [-0.05, 0) is 45.4 Å². The minimum absolute atomic E-state index is 0.165. The van der Waals surface area contributed by atoms with Crippen molar-refractivity contribution in [1.29, 1.82) is 0 Å². The van der Waals surface area contributed by atoms with Crippen LogP contribution in [-0.2, 0) is 0 Å². The molecule has 0 amide bonds. The van der Waals surface area contributed by atoms with Crippen molar-refractivity contribution >= 4 is 17.0 Å². The molecule has 0 aliphatic heterocycles. The van der Waals surface area contributed by atoms with Crippen LogP contribution in [0.15, 0.2) is 24.3 Å². The number of aromatic nitrogens is 1. The van der Waals surface area contributed by atoms with Gasteiger partial charge in [-0.15, -0.1) is 11.3 Å². The number of nitrogens with one attached hydrogen (secondary N) is 1. The van der Waals surface area contributed by atoms with Crippen molar-refractivity contribution in [3.8, 4) is 0 Å². The molecule has 0 saturated heterocycles. The van der Waals surface area contributed by atoms with Crippen LogP contribution < -0.4 is 10.2 Å². The molecule has 4 heteroatoms. The van der Waals surface area contributed by atoms with Gasteiger partial charge in [0, 0.05) is 30.7 Å². The van der Waals surface area contributed by atoms with E-state index >= 15 is 0 Å². The normalized spacial score (nSPS) is 12.7. The Morgan fingerprint density at radius 1 is 1.10 bits per heavy atom. The first kappa shape index (κ1) is 16.0. The summed E-state index contributed by atoms with van der Waals surface area (Å²) in [5.41, 5.74) is 3.62. The lowest BCUT2D eigenvalue weighted by Crippen LogP contribution is -2.29. The van der Waals surface area contributed by atoms with Crippen LogP contribution in [-0.4, -0.2) is 25.1 Å². The Hall–Kier alpha value is -1.39. The molecule has 0 bridgehead atoms. The molecule has 1 aromatic heterocycles. The van der Waals surface area contributed by atoms with Crippen molar-refractivity contribution in [2.24, 2.45) is 0 Å². The van der Waals surface area contributed by atoms with E-state index in [0.29, 0.717) is 6.04 Å². The van der Waals surface area contributed by atoms with Crippen LogP contribution in [0.4, 0.5) is 5.69 Å². The lowest BCUT2D eigenvalue weighted by molar-refractivity contribution is 0.526. The van der Waals surface area contributed by atoms with E-state index in [1.807, 2.05) is 0 Å². The Bertz CT molecular complexity index is 565. The highest BCUT2D eigenvalue weighted by molar-refractivity contribution is 7.11. The smallest absolute Gasteiger partial charge is 0.115 e. The predicted molar refractivity (Wildman–Crippen MR) is 92.5 cm³/mol. The monoisotopic (exact) mass is 303 g/mol. The number of benzene rings is 1. The highest BCUT2D eigenvalue weighted by Crippen LogP contribution is 2.29. The first-order valence-corrected chi connectivity index (χ1v) is 8.17. The molecule has 114 valence electrons. The molecule has 2 aromatic rings. The van der Waals surface area contributed by atoms with Gasteiger partial charge < -0.3 is 10.2 Å². The number of thiazole rings is 1. The van der Waals surface area contributed by atoms with Crippen molar-refractivity contribution in [2.75, 3.05) is 19.0 Å². The van der Waals surface area contributed by atoms with Crippen LogP contribution in [0.3, 0.4) is 0 Å². The van der Waals surface area contributed by atoms with E-state index in [9.17, 15) is 0 Å². The van der Waals surface area contributed by atoms with Crippen LogP contribution in [0.5, 0.6) is 0 Å². The Morgan fingerprint density at radius 2 is 1.71 bits per heavy atom. The van der Waals surface area contributed by atoms with Crippen LogP contribution in [0.2, 0.25) is 0 Å². The topological polar surface area (TPSA) is 28.2 Å². The van der Waals surface area contributed by atoms with Crippen molar-refractivity contribution in [3.05, 3.63) is 45.4 Å². The Labute approximate surface area is 132 Å². The zero-order chi connectivity index (χ0) is 15.6. The summed E-state index contributed by atoms with van der Waals surface area (Å²) in [6.07, 6.45) is 0. The zero-order valence-electron chi connectivity index (χ0n) is 13.8. The van der Waals surface area contributed by atoms with Gasteiger partial charge in [0.2, 0.25) is 0 Å². The second-order valence-corrected chi connectivity index (χ2v) is 7.17. The van der Waals surface area contributed by atoms with E-state index in [1.54, 1.807) is 11.3 Å². The third kappa shape index (κ3) is 3.83. The van der Waals surface area contributed by atoms with E-state index in [1.165, 1.54) is 16.1 Å². The van der Waals surface area contributed by atoms with Crippen LogP contribution in [0.1, 0.15) is 41.0 Å². The van der Waals surface area contributed by atoms with Crippen molar-refractivity contribution < 1.29 is 0 Å². The van der Waals surface area contributed by atoms with Gasteiger partial charge in [-0.3, -0.25) is 0 Å². The molecule has 21 heavy (non-hydrogen) atoms. The van der Waals surface area contributed by atoms with Crippen LogP contribution in [0.25, 0.3) is 0 Å². The summed E-state index contributed by atoms with van der Waals surface area (Å²) in [7, 11) is 4.12. The second kappa shape index (κ2) is 6.58. The van der Waals surface area contributed by atoms with Crippen LogP contribution in [0, 0.1) is 13.8 Å². The fourth-order valence-electron chi connectivity index (χ4n) is 2.23. The lowest BCUT2D eigenvalue weighted by Gasteiger charge is -2.21. The molecule has 1 atom stereocenters. The van der Waals surface area contributed by atoms with Gasteiger partial charge >= 0.3 is 0 Å². The highest BCUT2D eigenvalue weighted by Gasteiger charge is 2.19. The van der Waals surface area contributed by atoms with Gasteiger partial charge in [-0.25, -0.2) is 4.98 Å². The Morgan fingerprint density at radius 3 is 2.14 bits per heavy atom. The average Bonchev–Trinajstić information content (AvgIpc) is 2.76. The van der Waals surface area contributed by atoms with Gasteiger partial charge in [0.1, 0.15) is 5.01 Å². The summed E-state index contributed by atoms with van der Waals surface area (Å²) in [5.74, 6) is 0. The molecular formula is C17H25N3S. The summed E-state index contributed by atoms with van der Waals surface area (Å²) in [4.78, 5) is 8.16. The molecule has 0 aliphatic carbocycles. The average molecular weight is 303 g/mol. The third-order valence-electron chi connectivity index (χ3n) is 3.53. The number of nitrogens with zero attached hydrogens (tertiary/aromatic N) is 2. The fourth-order valence-corrected chi connectivity index (χ4v) is 3.24. The minimum atomic E-state index is 0.165. The van der Waals surface area contributed by atoms with Crippen LogP contribution >= 0.6 is 11.3 Å². The van der Waals surface area contributed by atoms with E-state index in [2.05, 4.69) is 76.3 Å². The molecule has 0 fully saturated rings. The van der Waals surface area contributed by atoms with Gasteiger partial charge in [-0.2, -0.15) is 0 Å². The van der Waals surface area contributed by atoms with Crippen molar-refractivity contribution in [1.82, 2.24) is 10.3 Å². The molecule has 3 nitrogen and oxygen atoms in total. The first-order chi connectivity index (χ1) is 9.88. The maximum Gasteiger partial charge on any atom is 0.115 e. The number of hydrogen-bond acceptors (Lipinski definition) is 4. The summed E-state index contributed by atoms with van der Waals surface area (Å²) in [6, 6.07) is 9.30. The molecule has 1 unspecified atom stereocenters. The zero-order valence-corrected chi connectivity index (χ0v) is 14.6. The Kier molecular flexibility index (Phi) is 5.01. The van der Waals surface area contributed by atoms with E-state index in [0.717, 1.165) is 10.7 Å². The maximum atomic E-state index is 4.74. The van der Waals surface area contributed by atoms with Crippen molar-refractivity contribution in [3.63, 3.8) is 0 Å². The number of hydrogen-bond donors (Lipinski definition) is 1. The maximum absolute atomic E-state index is 4.74. The molecule has 0 saturated carbocycles. The molecule has 0 aliphatic rings. The molecule has 1 heterocycles. The van der Waals surface area contributed by atoms with Crippen molar-refractivity contribution in [2.45, 2.75) is 39.8 Å². The third-order valence-corrected chi connectivity index (χ3v) is 4.67. The summed E-state index contributed by atoms with van der Waals surface area (Å²) in [5, 5.41) is 4.79. The lowest BCUT2D eigenvalue weighted by atomic mass is 10.1. The van der Waals surface area contributed by atoms with E-state index in [-0.39, 0.29) is 6.04 Å². The Balaban J connectivity index is 2.35. The molecule has 2 rings (SSSR count). The standard InChI is InChI=1S/C17H25N3S/c1-11(2)18-16(17-19-12(3)13(4)21-17)14-7-9-15(10-8-14)20(5)6/h7-11,16,18H,1-6H3. The van der Waals surface area contributed by atoms with E-state index < -0.39 is 0 Å². The quantitative estimate of drug-likeness (QED) is 0.907. The molecule has 1 N–H and O–H groups in total. The molecule has 0 radical (unpaired) electrons. The number of anilines is 1. The fraction of sp³-hybridized carbons (Fsp3) is 0.471. The SMILES string of the molecule is Cc1nc(C(NC(C)C)c2ccc(N(C)C)cc2)sc1C. The first-order valence-electron chi connectivity index (χ1n) is 7.35. The minimum Gasteiger partial charge on any atom is -0.378 e. The molecular weight excluding hydrogens is 278 g/mol. The molecule has 1 aromatic carbocycles.